The molecule has 1 N–H and O–H groups in total. The van der Waals surface area contributed by atoms with Crippen molar-refractivity contribution in [3.63, 3.8) is 0 Å². The van der Waals surface area contributed by atoms with Crippen LogP contribution in [0.3, 0.4) is 0 Å². The molecule has 30 heavy (non-hydrogen) atoms. The second-order valence-corrected chi connectivity index (χ2v) is 7.46. The Labute approximate surface area is 178 Å². The maximum Gasteiger partial charge on any atom is 0.411 e. The summed E-state index contributed by atoms with van der Waals surface area (Å²) in [5.74, 6) is 1.34. The number of nitrogens with one attached hydrogen (secondary N) is 1. The van der Waals surface area contributed by atoms with Gasteiger partial charge in [0.15, 0.2) is 11.5 Å². The normalized spacial score (nSPS) is 15.7. The third kappa shape index (κ3) is 4.92. The number of methoxy groups -OCH3 is 1. The first-order valence-electron chi connectivity index (χ1n) is 9.63. The van der Waals surface area contributed by atoms with Gasteiger partial charge in [-0.3, -0.25) is 10.00 Å². The minimum absolute atomic E-state index is 0.0224. The molecule has 3 aromatic rings. The summed E-state index contributed by atoms with van der Waals surface area (Å²) < 4.78 is 24.0. The maximum absolute atomic E-state index is 11.9. The highest BCUT2D eigenvalue weighted by molar-refractivity contribution is 7.08. The van der Waals surface area contributed by atoms with E-state index in [4.69, 9.17) is 18.9 Å². The average Bonchev–Trinajstić information content (AvgIpc) is 3.51. The lowest BCUT2D eigenvalue weighted by Crippen LogP contribution is -2.17. The molecule has 1 aliphatic heterocycles. The van der Waals surface area contributed by atoms with Gasteiger partial charge in [0.05, 0.1) is 38.2 Å². The Morgan fingerprint density at radius 2 is 2.27 bits per heavy atom. The predicted octanol–water partition coefficient (Wildman–Crippen LogP) is 4.04. The summed E-state index contributed by atoms with van der Waals surface area (Å²) in [4.78, 5) is 11.9. The minimum atomic E-state index is -0.485. The van der Waals surface area contributed by atoms with Crippen LogP contribution in [-0.4, -0.2) is 48.9 Å². The number of amides is 1. The van der Waals surface area contributed by atoms with E-state index in [-0.39, 0.29) is 12.7 Å². The number of anilines is 1. The summed E-state index contributed by atoms with van der Waals surface area (Å²) in [7, 11) is 1.62. The maximum atomic E-state index is 11.9. The van der Waals surface area contributed by atoms with E-state index in [0.717, 1.165) is 23.4 Å². The van der Waals surface area contributed by atoms with Crippen molar-refractivity contribution in [1.29, 1.82) is 0 Å². The molecule has 1 aromatic carbocycles. The van der Waals surface area contributed by atoms with Gasteiger partial charge in [-0.2, -0.15) is 16.4 Å². The van der Waals surface area contributed by atoms with E-state index in [1.807, 2.05) is 41.1 Å². The molecule has 1 unspecified atom stereocenters. The molecule has 0 aliphatic carbocycles. The van der Waals surface area contributed by atoms with Crippen molar-refractivity contribution >= 4 is 23.1 Å². The van der Waals surface area contributed by atoms with Crippen molar-refractivity contribution in [2.45, 2.75) is 19.1 Å². The molecule has 0 saturated carbocycles. The Balaban J connectivity index is 1.41. The van der Waals surface area contributed by atoms with Gasteiger partial charge in [-0.1, -0.05) is 0 Å². The second kappa shape index (κ2) is 9.64. The number of carbonyl (C=O) groups is 1. The Morgan fingerprint density at radius 1 is 1.33 bits per heavy atom. The van der Waals surface area contributed by atoms with E-state index in [1.165, 1.54) is 11.3 Å². The van der Waals surface area contributed by atoms with Crippen LogP contribution >= 0.6 is 11.3 Å². The standard InChI is InChI=1S/C21H23N3O5S/c1-26-19-3-2-15(12-20(19)29-17-5-9-27-13-17)18-4-7-22-24(18)8-10-28-21(25)23-16-6-11-30-14-16/h2-4,6-7,11-12,14,17H,5,8-10,13H2,1H3,(H,23,25). The van der Waals surface area contributed by atoms with E-state index in [9.17, 15) is 4.79 Å². The molecule has 0 spiro atoms. The summed E-state index contributed by atoms with van der Waals surface area (Å²) in [5.41, 5.74) is 2.56. The third-order valence-corrected chi connectivity index (χ3v) is 5.34. The summed E-state index contributed by atoms with van der Waals surface area (Å²) in [6, 6.07) is 9.50. The largest absolute Gasteiger partial charge is 0.493 e. The molecule has 1 amide bonds. The van der Waals surface area contributed by atoms with Crippen LogP contribution in [0.5, 0.6) is 11.5 Å². The first-order valence-corrected chi connectivity index (χ1v) is 10.6. The fourth-order valence-electron chi connectivity index (χ4n) is 3.18. The van der Waals surface area contributed by atoms with Crippen LogP contribution in [0.15, 0.2) is 47.3 Å². The molecule has 1 saturated heterocycles. The third-order valence-electron chi connectivity index (χ3n) is 4.66. The summed E-state index contributed by atoms with van der Waals surface area (Å²) in [6.45, 7) is 1.91. The number of hydrogen-bond acceptors (Lipinski definition) is 7. The lowest BCUT2D eigenvalue weighted by Gasteiger charge is -2.16. The molecule has 4 rings (SSSR count). The number of thiophene rings is 1. The highest BCUT2D eigenvalue weighted by atomic mass is 32.1. The van der Waals surface area contributed by atoms with Crippen molar-refractivity contribution in [2.24, 2.45) is 0 Å². The lowest BCUT2D eigenvalue weighted by molar-refractivity contribution is 0.138. The molecule has 8 nitrogen and oxygen atoms in total. The number of aromatic nitrogens is 2. The molecule has 3 heterocycles. The summed E-state index contributed by atoms with van der Waals surface area (Å²) in [6.07, 6.45) is 2.11. The minimum Gasteiger partial charge on any atom is -0.493 e. The first kappa shape index (κ1) is 20.2. The Hall–Kier alpha value is -3.04. The molecule has 9 heteroatoms. The number of rotatable bonds is 8. The van der Waals surface area contributed by atoms with Crippen molar-refractivity contribution in [3.8, 4) is 22.8 Å². The Bertz CT molecular complexity index is 967. The van der Waals surface area contributed by atoms with Crippen LogP contribution < -0.4 is 14.8 Å². The molecular weight excluding hydrogens is 406 g/mol. The summed E-state index contributed by atoms with van der Waals surface area (Å²) >= 11 is 1.51. The predicted molar refractivity (Wildman–Crippen MR) is 113 cm³/mol. The SMILES string of the molecule is COc1ccc(-c2ccnn2CCOC(=O)Nc2ccsc2)cc1OC1CCOC1. The monoisotopic (exact) mass is 429 g/mol. The highest BCUT2D eigenvalue weighted by Crippen LogP contribution is 2.34. The van der Waals surface area contributed by atoms with Gasteiger partial charge in [-0.15, -0.1) is 0 Å². The Morgan fingerprint density at radius 3 is 3.03 bits per heavy atom. The second-order valence-electron chi connectivity index (χ2n) is 6.68. The molecular formula is C21H23N3O5S. The zero-order valence-corrected chi connectivity index (χ0v) is 17.4. The average molecular weight is 429 g/mol. The van der Waals surface area contributed by atoms with E-state index in [1.54, 1.807) is 18.0 Å². The van der Waals surface area contributed by atoms with Gasteiger partial charge in [-0.25, -0.2) is 4.79 Å². The van der Waals surface area contributed by atoms with Crippen molar-refractivity contribution in [1.82, 2.24) is 9.78 Å². The van der Waals surface area contributed by atoms with Crippen molar-refractivity contribution < 1.29 is 23.7 Å². The Kier molecular flexibility index (Phi) is 6.50. The molecule has 0 bridgehead atoms. The highest BCUT2D eigenvalue weighted by Gasteiger charge is 2.20. The molecule has 2 aromatic heterocycles. The van der Waals surface area contributed by atoms with E-state index in [2.05, 4.69) is 10.4 Å². The molecule has 1 aliphatic rings. The van der Waals surface area contributed by atoms with E-state index in [0.29, 0.717) is 31.3 Å². The molecule has 0 radical (unpaired) electrons. The van der Waals surface area contributed by atoms with E-state index >= 15 is 0 Å². The number of nitrogens with zero attached hydrogens (tertiary/aromatic N) is 2. The van der Waals surface area contributed by atoms with Crippen molar-refractivity contribution in [3.05, 3.63) is 47.3 Å². The zero-order valence-electron chi connectivity index (χ0n) is 16.6. The van der Waals surface area contributed by atoms with Gasteiger partial charge in [0, 0.05) is 23.6 Å². The van der Waals surface area contributed by atoms with Gasteiger partial charge in [-0.05, 0) is 35.7 Å². The van der Waals surface area contributed by atoms with Crippen LogP contribution in [0.1, 0.15) is 6.42 Å². The fourth-order valence-corrected chi connectivity index (χ4v) is 3.77. The zero-order chi connectivity index (χ0) is 20.8. The quantitative estimate of drug-likeness (QED) is 0.582. The smallest absolute Gasteiger partial charge is 0.411 e. The molecule has 1 atom stereocenters. The molecule has 1 fully saturated rings. The molecule has 158 valence electrons. The van der Waals surface area contributed by atoms with Crippen LogP contribution in [0.25, 0.3) is 11.3 Å². The van der Waals surface area contributed by atoms with Gasteiger partial charge in [0.25, 0.3) is 0 Å². The number of carbonyl (C=O) groups excluding carboxylic acids is 1. The number of hydrogen-bond donors (Lipinski definition) is 1. The first-order chi connectivity index (χ1) is 14.7. The number of benzene rings is 1. The van der Waals surface area contributed by atoms with Crippen LogP contribution in [0.2, 0.25) is 0 Å². The van der Waals surface area contributed by atoms with Gasteiger partial charge in [0.2, 0.25) is 0 Å². The fraction of sp³-hybridized carbons (Fsp3) is 0.333. The summed E-state index contributed by atoms with van der Waals surface area (Å²) in [5, 5.41) is 10.8. The topological polar surface area (TPSA) is 83.8 Å². The van der Waals surface area contributed by atoms with Gasteiger partial charge < -0.3 is 18.9 Å². The number of ether oxygens (including phenoxy) is 4. The van der Waals surface area contributed by atoms with Crippen LogP contribution in [-0.2, 0) is 16.0 Å². The van der Waals surface area contributed by atoms with Gasteiger partial charge >= 0.3 is 6.09 Å². The lowest BCUT2D eigenvalue weighted by atomic mass is 10.1. The van der Waals surface area contributed by atoms with Crippen molar-refractivity contribution in [2.75, 3.05) is 32.2 Å². The van der Waals surface area contributed by atoms with Crippen LogP contribution in [0.4, 0.5) is 10.5 Å². The van der Waals surface area contributed by atoms with E-state index < -0.39 is 6.09 Å². The van der Waals surface area contributed by atoms with Gasteiger partial charge in [0.1, 0.15) is 12.7 Å². The van der Waals surface area contributed by atoms with Crippen LogP contribution in [0, 0.1) is 0 Å².